The zero-order chi connectivity index (χ0) is 22.5. The Bertz CT molecular complexity index is 1090. The molecular weight excluding hydrogens is 410 g/mol. The number of carbonyl (C=O) groups excluding carboxylic acids is 2. The van der Waals surface area contributed by atoms with Gasteiger partial charge in [0, 0.05) is 24.2 Å². The summed E-state index contributed by atoms with van der Waals surface area (Å²) in [6, 6.07) is 21.1. The molecular formula is C26H24F2N2O2. The summed E-state index contributed by atoms with van der Waals surface area (Å²) in [4.78, 5) is 27.9. The molecule has 1 aliphatic heterocycles. The standard InChI is InChI=1S/C26H24F2N2O2/c27-22-13-10-18(11-14-22)24-15-12-21(17-30(24)26(32)19-6-2-1-3-7-19)25(31)29-16-20-8-4-5-9-23(20)28/h1-11,13-14,21,24H,12,15-17H2,(H,29,31). The van der Waals surface area contributed by atoms with E-state index in [9.17, 15) is 18.4 Å². The van der Waals surface area contributed by atoms with Crippen LogP contribution in [-0.2, 0) is 11.3 Å². The van der Waals surface area contributed by atoms with Gasteiger partial charge in [-0.2, -0.15) is 0 Å². The van der Waals surface area contributed by atoms with Gasteiger partial charge in [-0.15, -0.1) is 0 Å². The zero-order valence-electron chi connectivity index (χ0n) is 17.5. The molecule has 0 aromatic heterocycles. The van der Waals surface area contributed by atoms with Crippen LogP contribution in [0.15, 0.2) is 78.9 Å². The third kappa shape index (κ3) is 4.85. The minimum absolute atomic E-state index is 0.0933. The van der Waals surface area contributed by atoms with E-state index in [1.165, 1.54) is 18.2 Å². The van der Waals surface area contributed by atoms with Crippen LogP contribution in [0.5, 0.6) is 0 Å². The Morgan fingerprint density at radius 1 is 0.875 bits per heavy atom. The lowest BCUT2D eigenvalue weighted by Crippen LogP contribution is -2.46. The molecule has 1 N–H and O–H groups in total. The second-order valence-electron chi connectivity index (χ2n) is 7.97. The highest BCUT2D eigenvalue weighted by molar-refractivity contribution is 5.95. The van der Waals surface area contributed by atoms with Crippen LogP contribution < -0.4 is 5.32 Å². The third-order valence-electron chi connectivity index (χ3n) is 5.90. The van der Waals surface area contributed by atoms with E-state index >= 15 is 0 Å². The van der Waals surface area contributed by atoms with Crippen molar-refractivity contribution in [2.45, 2.75) is 25.4 Å². The smallest absolute Gasteiger partial charge is 0.254 e. The van der Waals surface area contributed by atoms with Crippen molar-refractivity contribution in [3.05, 3.63) is 107 Å². The summed E-state index contributed by atoms with van der Waals surface area (Å²) in [5, 5.41) is 2.80. The van der Waals surface area contributed by atoms with Gasteiger partial charge in [-0.25, -0.2) is 8.78 Å². The quantitative estimate of drug-likeness (QED) is 0.623. The molecule has 3 aromatic carbocycles. The second-order valence-corrected chi connectivity index (χ2v) is 7.97. The van der Waals surface area contributed by atoms with E-state index in [2.05, 4.69) is 5.32 Å². The van der Waals surface area contributed by atoms with E-state index in [0.29, 0.717) is 24.0 Å². The summed E-state index contributed by atoms with van der Waals surface area (Å²) < 4.78 is 27.3. The number of halogens is 2. The Labute approximate surface area is 185 Å². The topological polar surface area (TPSA) is 49.4 Å². The van der Waals surface area contributed by atoms with E-state index < -0.39 is 5.92 Å². The summed E-state index contributed by atoms with van der Waals surface area (Å²) in [7, 11) is 0. The number of likely N-dealkylation sites (tertiary alicyclic amines) is 1. The molecule has 1 fully saturated rings. The SMILES string of the molecule is O=C(NCc1ccccc1F)C1CCC(c2ccc(F)cc2)N(C(=O)c2ccccc2)C1. The van der Waals surface area contributed by atoms with Crippen LogP contribution >= 0.6 is 0 Å². The van der Waals surface area contributed by atoms with Crippen molar-refractivity contribution in [2.75, 3.05) is 6.54 Å². The van der Waals surface area contributed by atoms with Gasteiger partial charge in [-0.1, -0.05) is 48.5 Å². The van der Waals surface area contributed by atoms with Crippen LogP contribution in [0.25, 0.3) is 0 Å². The van der Waals surface area contributed by atoms with Crippen molar-refractivity contribution in [3.8, 4) is 0 Å². The van der Waals surface area contributed by atoms with Crippen molar-refractivity contribution >= 4 is 11.8 Å². The van der Waals surface area contributed by atoms with Gasteiger partial charge in [0.05, 0.1) is 12.0 Å². The number of amides is 2. The maximum atomic E-state index is 13.9. The number of benzene rings is 3. The van der Waals surface area contributed by atoms with Gasteiger partial charge >= 0.3 is 0 Å². The van der Waals surface area contributed by atoms with Crippen LogP contribution in [0.3, 0.4) is 0 Å². The van der Waals surface area contributed by atoms with Gasteiger partial charge in [-0.3, -0.25) is 9.59 Å². The lowest BCUT2D eigenvalue weighted by molar-refractivity contribution is -0.127. The van der Waals surface area contributed by atoms with Gasteiger partial charge in [0.1, 0.15) is 11.6 Å². The minimum atomic E-state index is -0.411. The Kier molecular flexibility index (Phi) is 6.59. The molecule has 1 saturated heterocycles. The molecule has 164 valence electrons. The summed E-state index contributed by atoms with van der Waals surface area (Å²) >= 11 is 0. The maximum Gasteiger partial charge on any atom is 0.254 e. The molecule has 32 heavy (non-hydrogen) atoms. The molecule has 0 bridgehead atoms. The first-order chi connectivity index (χ1) is 15.5. The number of rotatable bonds is 5. The molecule has 0 aliphatic carbocycles. The van der Waals surface area contributed by atoms with E-state index in [4.69, 9.17) is 0 Å². The van der Waals surface area contributed by atoms with Gasteiger partial charge in [0.15, 0.2) is 0 Å². The van der Waals surface area contributed by atoms with E-state index in [0.717, 1.165) is 5.56 Å². The second kappa shape index (κ2) is 9.73. The largest absolute Gasteiger partial charge is 0.352 e. The first-order valence-electron chi connectivity index (χ1n) is 10.7. The van der Waals surface area contributed by atoms with Crippen molar-refractivity contribution in [3.63, 3.8) is 0 Å². The Morgan fingerprint density at radius 2 is 1.56 bits per heavy atom. The lowest BCUT2D eigenvalue weighted by Gasteiger charge is -2.39. The maximum absolute atomic E-state index is 13.9. The Morgan fingerprint density at radius 3 is 2.28 bits per heavy atom. The number of nitrogens with one attached hydrogen (secondary N) is 1. The molecule has 0 saturated carbocycles. The highest BCUT2D eigenvalue weighted by atomic mass is 19.1. The highest BCUT2D eigenvalue weighted by Gasteiger charge is 2.36. The summed E-state index contributed by atoms with van der Waals surface area (Å²) in [5.41, 5.74) is 1.78. The van der Waals surface area contributed by atoms with Crippen LogP contribution in [-0.4, -0.2) is 23.3 Å². The molecule has 1 heterocycles. The molecule has 1 aliphatic rings. The summed E-state index contributed by atoms with van der Waals surface area (Å²) in [6.07, 6.45) is 1.14. The third-order valence-corrected chi connectivity index (χ3v) is 5.90. The number of carbonyl (C=O) groups is 2. The molecule has 3 aromatic rings. The van der Waals surface area contributed by atoms with Gasteiger partial charge in [-0.05, 0) is 48.7 Å². The van der Waals surface area contributed by atoms with Crippen molar-refractivity contribution in [1.82, 2.24) is 10.2 Å². The fraction of sp³-hybridized carbons (Fsp3) is 0.231. The zero-order valence-corrected chi connectivity index (χ0v) is 17.5. The van der Waals surface area contributed by atoms with Crippen molar-refractivity contribution < 1.29 is 18.4 Å². The Hall–Kier alpha value is -3.54. The molecule has 4 nitrogen and oxygen atoms in total. The number of nitrogens with zero attached hydrogens (tertiary/aromatic N) is 1. The van der Waals surface area contributed by atoms with E-state index in [1.54, 1.807) is 59.5 Å². The van der Waals surface area contributed by atoms with Crippen molar-refractivity contribution in [1.29, 1.82) is 0 Å². The van der Waals surface area contributed by atoms with Gasteiger partial charge < -0.3 is 10.2 Å². The number of hydrogen-bond donors (Lipinski definition) is 1. The van der Waals surface area contributed by atoms with E-state index in [1.807, 2.05) is 6.07 Å². The molecule has 2 amide bonds. The molecule has 2 unspecified atom stereocenters. The fourth-order valence-electron chi connectivity index (χ4n) is 4.16. The van der Waals surface area contributed by atoms with Crippen LogP contribution in [0, 0.1) is 17.6 Å². The van der Waals surface area contributed by atoms with Crippen LogP contribution in [0.1, 0.15) is 40.4 Å². The number of hydrogen-bond acceptors (Lipinski definition) is 2. The van der Waals surface area contributed by atoms with Gasteiger partial charge in [0.25, 0.3) is 5.91 Å². The average molecular weight is 434 g/mol. The lowest BCUT2D eigenvalue weighted by atomic mass is 9.87. The Balaban J connectivity index is 1.52. The number of piperidine rings is 1. The molecule has 0 spiro atoms. The predicted octanol–water partition coefficient (Wildman–Crippen LogP) is 4.87. The summed E-state index contributed by atoms with van der Waals surface area (Å²) in [6.45, 7) is 0.328. The normalized spacial score (nSPS) is 18.2. The van der Waals surface area contributed by atoms with E-state index in [-0.39, 0.29) is 42.6 Å². The van der Waals surface area contributed by atoms with Crippen molar-refractivity contribution in [2.24, 2.45) is 5.92 Å². The first kappa shape index (κ1) is 21.7. The molecule has 0 radical (unpaired) electrons. The van der Waals surface area contributed by atoms with Crippen LogP contribution in [0.4, 0.5) is 8.78 Å². The summed E-state index contributed by atoms with van der Waals surface area (Å²) in [5.74, 6) is -1.50. The average Bonchev–Trinajstić information content (AvgIpc) is 2.83. The highest BCUT2D eigenvalue weighted by Crippen LogP contribution is 2.35. The fourth-order valence-corrected chi connectivity index (χ4v) is 4.16. The molecule has 2 atom stereocenters. The molecule has 6 heteroatoms. The predicted molar refractivity (Wildman–Crippen MR) is 118 cm³/mol. The minimum Gasteiger partial charge on any atom is -0.352 e. The molecule has 4 rings (SSSR count). The van der Waals surface area contributed by atoms with Crippen LogP contribution in [0.2, 0.25) is 0 Å². The monoisotopic (exact) mass is 434 g/mol. The van der Waals surface area contributed by atoms with Gasteiger partial charge in [0.2, 0.25) is 5.91 Å². The first-order valence-corrected chi connectivity index (χ1v) is 10.7.